The van der Waals surface area contributed by atoms with Crippen molar-refractivity contribution in [2.24, 2.45) is 0 Å². The first kappa shape index (κ1) is 34.9. The van der Waals surface area contributed by atoms with Crippen LogP contribution in [0.2, 0.25) is 0 Å². The molecular weight excluding hydrogens is 773 g/mol. The van der Waals surface area contributed by atoms with Gasteiger partial charge in [0.05, 0.1) is 16.8 Å². The van der Waals surface area contributed by atoms with Crippen LogP contribution >= 0.6 is 11.3 Å². The van der Waals surface area contributed by atoms with Crippen LogP contribution in [0.5, 0.6) is 0 Å². The lowest BCUT2D eigenvalue weighted by molar-refractivity contribution is 0.777. The van der Waals surface area contributed by atoms with Crippen molar-refractivity contribution in [2.45, 2.75) is 5.41 Å². The molecule has 4 nitrogen and oxygen atoms in total. The van der Waals surface area contributed by atoms with Crippen LogP contribution < -0.4 is 0 Å². The molecule has 0 radical (unpaired) electrons. The molecule has 0 fully saturated rings. The average Bonchev–Trinajstić information content (AvgIpc) is 3.83. The van der Waals surface area contributed by atoms with Crippen molar-refractivity contribution in [3.63, 3.8) is 0 Å². The number of hydrogen-bond donors (Lipinski definition) is 0. The minimum atomic E-state index is -0.649. The lowest BCUT2D eigenvalue weighted by Crippen LogP contribution is -2.29. The summed E-state index contributed by atoms with van der Waals surface area (Å²) in [6.07, 6.45) is 3.74. The predicted octanol–water partition coefficient (Wildman–Crippen LogP) is 14.3. The van der Waals surface area contributed by atoms with Crippen LogP contribution in [0.4, 0.5) is 0 Å². The molecular formula is C57H34N4S. The van der Waals surface area contributed by atoms with Gasteiger partial charge in [0, 0.05) is 54.8 Å². The van der Waals surface area contributed by atoms with Gasteiger partial charge in [-0.25, -0.2) is 19.9 Å². The zero-order valence-electron chi connectivity index (χ0n) is 33.3. The molecule has 13 rings (SSSR count). The number of benzene rings is 8. The Kier molecular flexibility index (Phi) is 7.66. The molecule has 1 spiro atoms. The maximum atomic E-state index is 5.35. The lowest BCUT2D eigenvalue weighted by Gasteiger charge is -2.35. The fourth-order valence-electron chi connectivity index (χ4n) is 10.1. The fourth-order valence-corrected chi connectivity index (χ4v) is 11.2. The summed E-state index contributed by atoms with van der Waals surface area (Å²) in [6.45, 7) is 0. The highest BCUT2D eigenvalue weighted by molar-refractivity contribution is 7.25. The molecule has 0 saturated heterocycles. The number of thiophene rings is 1. The Hall–Kier alpha value is -7.86. The van der Waals surface area contributed by atoms with Gasteiger partial charge < -0.3 is 0 Å². The van der Waals surface area contributed by atoms with E-state index in [4.69, 9.17) is 19.9 Å². The first-order chi connectivity index (χ1) is 30.7. The standard InChI is InChI=1S/C57H34N4S/c1-3-15-35(16-4-1)55-58-33-38(34-59-55)52-32-51(60-56(61-52)36-17-5-2-6-18-36)37-27-28-43-40-20-8-7-19-39(40)41-21-9-12-24-47(41)57(49(43)29-37)48-25-13-10-22-42(48)45-31-54-46(30-50(45)57)44-23-11-14-26-53(44)62-54/h1-34H. The van der Waals surface area contributed by atoms with Crippen LogP contribution in [0.15, 0.2) is 207 Å². The molecule has 288 valence electrons. The maximum absolute atomic E-state index is 5.35. The minimum Gasteiger partial charge on any atom is -0.236 e. The summed E-state index contributed by atoms with van der Waals surface area (Å²) < 4.78 is 2.61. The SMILES string of the molecule is c1ccc(-c2ncc(-c3cc(-c4ccc5c(c4)C4(c6ccccc6-c6ccccc6-5)c5ccccc5-c5cc6sc7ccccc7c6cc54)nc(-c4ccccc4)n3)cn2)cc1. The summed E-state index contributed by atoms with van der Waals surface area (Å²) in [6, 6.07) is 70.3. The zero-order valence-corrected chi connectivity index (χ0v) is 34.1. The van der Waals surface area contributed by atoms with Crippen molar-refractivity contribution in [2.75, 3.05) is 0 Å². The Morgan fingerprint density at radius 2 is 0.855 bits per heavy atom. The highest BCUT2D eigenvalue weighted by atomic mass is 32.1. The van der Waals surface area contributed by atoms with Crippen LogP contribution in [0.1, 0.15) is 22.3 Å². The molecule has 8 aromatic carbocycles. The summed E-state index contributed by atoms with van der Waals surface area (Å²) in [7, 11) is 0. The van der Waals surface area contributed by atoms with E-state index in [2.05, 4.69) is 146 Å². The van der Waals surface area contributed by atoms with Crippen molar-refractivity contribution in [3.8, 4) is 78.7 Å². The van der Waals surface area contributed by atoms with Crippen LogP contribution in [0, 0.1) is 0 Å². The number of rotatable bonds is 4. The molecule has 3 aromatic heterocycles. The molecule has 0 N–H and O–H groups in total. The van der Waals surface area contributed by atoms with E-state index in [1.165, 1.54) is 75.8 Å². The van der Waals surface area contributed by atoms with E-state index in [-0.39, 0.29) is 0 Å². The highest BCUT2D eigenvalue weighted by Gasteiger charge is 2.50. The van der Waals surface area contributed by atoms with Gasteiger partial charge in [-0.3, -0.25) is 0 Å². The summed E-state index contributed by atoms with van der Waals surface area (Å²) >= 11 is 1.88. The third-order valence-electron chi connectivity index (χ3n) is 12.8. The topological polar surface area (TPSA) is 51.6 Å². The normalized spacial score (nSPS) is 14.5. The number of fused-ring (bicyclic) bond motifs is 15. The maximum Gasteiger partial charge on any atom is 0.160 e. The first-order valence-corrected chi connectivity index (χ1v) is 21.8. The second-order valence-electron chi connectivity index (χ2n) is 16.1. The summed E-state index contributed by atoms with van der Waals surface area (Å²) in [5, 5.41) is 2.59. The van der Waals surface area contributed by atoms with Gasteiger partial charge in [0.2, 0.25) is 0 Å². The third kappa shape index (κ3) is 5.12. The predicted molar refractivity (Wildman–Crippen MR) is 254 cm³/mol. The molecule has 3 heterocycles. The molecule has 62 heavy (non-hydrogen) atoms. The largest absolute Gasteiger partial charge is 0.236 e. The van der Waals surface area contributed by atoms with E-state index in [1.807, 2.05) is 72.3 Å². The molecule has 0 saturated carbocycles. The monoisotopic (exact) mass is 806 g/mol. The summed E-state index contributed by atoms with van der Waals surface area (Å²) in [5.74, 6) is 1.32. The minimum absolute atomic E-state index is 0.647. The number of hydrogen-bond acceptors (Lipinski definition) is 5. The van der Waals surface area contributed by atoms with Crippen LogP contribution in [-0.4, -0.2) is 19.9 Å². The number of aromatic nitrogens is 4. The van der Waals surface area contributed by atoms with Crippen molar-refractivity contribution in [1.29, 1.82) is 0 Å². The van der Waals surface area contributed by atoms with Crippen molar-refractivity contribution in [3.05, 3.63) is 229 Å². The molecule has 2 aliphatic rings. The molecule has 0 bridgehead atoms. The van der Waals surface area contributed by atoms with Gasteiger partial charge in [-0.15, -0.1) is 11.3 Å². The van der Waals surface area contributed by atoms with E-state index < -0.39 is 5.41 Å². The third-order valence-corrected chi connectivity index (χ3v) is 14.0. The molecule has 5 heteroatoms. The van der Waals surface area contributed by atoms with Gasteiger partial charge >= 0.3 is 0 Å². The zero-order chi connectivity index (χ0) is 40.8. The van der Waals surface area contributed by atoms with E-state index in [0.717, 1.165) is 33.6 Å². The molecule has 2 aliphatic carbocycles. The van der Waals surface area contributed by atoms with E-state index >= 15 is 0 Å². The van der Waals surface area contributed by atoms with Crippen LogP contribution in [-0.2, 0) is 5.41 Å². The Balaban J connectivity index is 1.10. The summed E-state index contributed by atoms with van der Waals surface area (Å²) in [5.41, 5.74) is 17.2. The average molecular weight is 807 g/mol. The Labute approximate surface area is 362 Å². The highest BCUT2D eigenvalue weighted by Crippen LogP contribution is 2.62. The van der Waals surface area contributed by atoms with Crippen molar-refractivity contribution in [1.82, 2.24) is 19.9 Å². The van der Waals surface area contributed by atoms with Gasteiger partial charge in [0.1, 0.15) is 0 Å². The Morgan fingerprint density at radius 3 is 1.55 bits per heavy atom. The van der Waals surface area contributed by atoms with Gasteiger partial charge in [0.25, 0.3) is 0 Å². The van der Waals surface area contributed by atoms with E-state index in [0.29, 0.717) is 11.6 Å². The van der Waals surface area contributed by atoms with Gasteiger partial charge in [-0.1, -0.05) is 164 Å². The quantitative estimate of drug-likeness (QED) is 0.178. The van der Waals surface area contributed by atoms with Crippen LogP contribution in [0.3, 0.4) is 0 Å². The molecule has 0 aliphatic heterocycles. The number of nitrogens with zero attached hydrogens (tertiary/aromatic N) is 4. The van der Waals surface area contributed by atoms with E-state index in [9.17, 15) is 0 Å². The van der Waals surface area contributed by atoms with E-state index in [1.54, 1.807) is 0 Å². The smallest absolute Gasteiger partial charge is 0.160 e. The van der Waals surface area contributed by atoms with Crippen molar-refractivity contribution < 1.29 is 0 Å². The second-order valence-corrected chi connectivity index (χ2v) is 17.2. The van der Waals surface area contributed by atoms with Crippen molar-refractivity contribution >= 4 is 31.5 Å². The summed E-state index contributed by atoms with van der Waals surface area (Å²) in [4.78, 5) is 20.1. The van der Waals surface area contributed by atoms with Crippen LogP contribution in [0.25, 0.3) is 98.8 Å². The molecule has 11 aromatic rings. The van der Waals surface area contributed by atoms with Gasteiger partial charge in [0.15, 0.2) is 11.6 Å². The molecule has 1 atom stereocenters. The molecule has 1 unspecified atom stereocenters. The lowest BCUT2D eigenvalue weighted by atomic mass is 9.65. The Morgan fingerprint density at radius 1 is 0.323 bits per heavy atom. The second kappa shape index (κ2) is 13.6. The first-order valence-electron chi connectivity index (χ1n) is 20.9. The Bertz CT molecular complexity index is 3580. The fraction of sp³-hybridized carbons (Fsp3) is 0.0175. The van der Waals surface area contributed by atoms with Gasteiger partial charge in [-0.05, 0) is 86.0 Å². The van der Waals surface area contributed by atoms with Gasteiger partial charge in [-0.2, -0.15) is 0 Å². The molecule has 0 amide bonds.